The van der Waals surface area contributed by atoms with Gasteiger partial charge in [0.05, 0.1) is 6.07 Å². The van der Waals surface area contributed by atoms with Crippen molar-refractivity contribution in [2.75, 3.05) is 6.54 Å². The maximum absolute atomic E-state index is 9.21. The third kappa shape index (κ3) is 4.16. The Balaban J connectivity index is 2.80. The van der Waals surface area contributed by atoms with E-state index >= 15 is 0 Å². The molecule has 98 valence electrons. The first-order valence-electron chi connectivity index (χ1n) is 6.58. The summed E-state index contributed by atoms with van der Waals surface area (Å²) < 4.78 is 0. The largest absolute Gasteiger partial charge is 0.298 e. The van der Waals surface area contributed by atoms with Crippen LogP contribution >= 0.6 is 0 Å². The predicted octanol–water partition coefficient (Wildman–Crippen LogP) is 3.79. The first kappa shape index (κ1) is 14.7. The summed E-state index contributed by atoms with van der Waals surface area (Å²) in [6.45, 7) is 11.7. The molecule has 0 aromatic heterocycles. The molecular weight excluding hydrogens is 220 g/mol. The molecule has 2 nitrogen and oxygen atoms in total. The smallest absolute Gasteiger partial charge is 0.121 e. The molecule has 2 heteroatoms. The van der Waals surface area contributed by atoms with Crippen LogP contribution < -0.4 is 5.32 Å². The number of nitriles is 1. The van der Waals surface area contributed by atoms with Crippen molar-refractivity contribution in [1.29, 1.82) is 5.26 Å². The topological polar surface area (TPSA) is 35.8 Å². The minimum absolute atomic E-state index is 0.159. The summed E-state index contributed by atoms with van der Waals surface area (Å²) in [5.41, 5.74) is 2.50. The SMILES string of the molecule is CC(C)CNC(C#N)c1ccc(C(C)(C)C)cc1. The average Bonchev–Trinajstić information content (AvgIpc) is 2.29. The molecule has 0 aliphatic carbocycles. The zero-order valence-electron chi connectivity index (χ0n) is 12.1. The van der Waals surface area contributed by atoms with Gasteiger partial charge >= 0.3 is 0 Å². The zero-order valence-corrected chi connectivity index (χ0v) is 12.1. The number of hydrogen-bond donors (Lipinski definition) is 1. The van der Waals surface area contributed by atoms with Gasteiger partial charge in [-0.15, -0.1) is 0 Å². The van der Waals surface area contributed by atoms with Crippen LogP contribution in [0.3, 0.4) is 0 Å². The molecular formula is C16H24N2. The van der Waals surface area contributed by atoms with E-state index in [1.165, 1.54) is 5.56 Å². The summed E-state index contributed by atoms with van der Waals surface area (Å²) in [5.74, 6) is 0.551. The van der Waals surface area contributed by atoms with Gasteiger partial charge < -0.3 is 0 Å². The Bertz CT molecular complexity index is 404. The molecule has 0 heterocycles. The highest BCUT2D eigenvalue weighted by Gasteiger charge is 2.15. The molecule has 1 unspecified atom stereocenters. The van der Waals surface area contributed by atoms with E-state index in [9.17, 15) is 5.26 Å². The molecule has 0 aliphatic rings. The highest BCUT2D eigenvalue weighted by molar-refractivity contribution is 5.31. The fourth-order valence-corrected chi connectivity index (χ4v) is 1.77. The van der Waals surface area contributed by atoms with Crippen LogP contribution in [0.15, 0.2) is 24.3 Å². The lowest BCUT2D eigenvalue weighted by molar-refractivity contribution is 0.524. The van der Waals surface area contributed by atoms with E-state index < -0.39 is 0 Å². The van der Waals surface area contributed by atoms with Crippen molar-refractivity contribution in [3.63, 3.8) is 0 Å². The second-order valence-electron chi connectivity index (χ2n) is 6.24. The number of hydrogen-bond acceptors (Lipinski definition) is 2. The average molecular weight is 244 g/mol. The third-order valence-electron chi connectivity index (χ3n) is 2.97. The summed E-state index contributed by atoms with van der Waals surface area (Å²) in [6.07, 6.45) is 0. The Hall–Kier alpha value is -1.33. The highest BCUT2D eigenvalue weighted by Crippen LogP contribution is 2.23. The molecule has 1 aromatic rings. The van der Waals surface area contributed by atoms with Gasteiger partial charge in [-0.25, -0.2) is 0 Å². The Morgan fingerprint density at radius 2 is 1.72 bits per heavy atom. The van der Waals surface area contributed by atoms with Gasteiger partial charge in [0.1, 0.15) is 6.04 Å². The van der Waals surface area contributed by atoms with Crippen LogP contribution in [0.2, 0.25) is 0 Å². The lowest BCUT2D eigenvalue weighted by atomic mass is 9.86. The van der Waals surface area contributed by atoms with Gasteiger partial charge in [0.2, 0.25) is 0 Å². The minimum atomic E-state index is -0.207. The lowest BCUT2D eigenvalue weighted by Crippen LogP contribution is -2.24. The minimum Gasteiger partial charge on any atom is -0.298 e. The Labute approximate surface area is 111 Å². The molecule has 1 N–H and O–H groups in total. The number of nitrogens with zero attached hydrogens (tertiary/aromatic N) is 1. The Morgan fingerprint density at radius 1 is 1.17 bits per heavy atom. The van der Waals surface area contributed by atoms with E-state index in [2.05, 4.69) is 70.3 Å². The van der Waals surface area contributed by atoms with Crippen LogP contribution in [-0.4, -0.2) is 6.54 Å². The van der Waals surface area contributed by atoms with E-state index in [0.29, 0.717) is 5.92 Å². The summed E-state index contributed by atoms with van der Waals surface area (Å²) in [6, 6.07) is 10.5. The molecule has 0 spiro atoms. The fourth-order valence-electron chi connectivity index (χ4n) is 1.77. The molecule has 0 saturated carbocycles. The van der Waals surface area contributed by atoms with Crippen LogP contribution in [0.25, 0.3) is 0 Å². The van der Waals surface area contributed by atoms with E-state index in [-0.39, 0.29) is 11.5 Å². The summed E-state index contributed by atoms with van der Waals surface area (Å²) >= 11 is 0. The van der Waals surface area contributed by atoms with Gasteiger partial charge in [0.15, 0.2) is 0 Å². The second-order valence-corrected chi connectivity index (χ2v) is 6.24. The summed E-state index contributed by atoms with van der Waals surface area (Å²) in [5, 5.41) is 12.5. The molecule has 0 fully saturated rings. The van der Waals surface area contributed by atoms with Crippen LogP contribution in [-0.2, 0) is 5.41 Å². The number of nitrogens with one attached hydrogen (secondary N) is 1. The van der Waals surface area contributed by atoms with Crippen molar-refractivity contribution in [3.05, 3.63) is 35.4 Å². The van der Waals surface area contributed by atoms with Crippen LogP contribution in [0.1, 0.15) is 51.8 Å². The highest BCUT2D eigenvalue weighted by atomic mass is 14.9. The van der Waals surface area contributed by atoms with Crippen LogP contribution in [0, 0.1) is 17.2 Å². The van der Waals surface area contributed by atoms with Gasteiger partial charge in [-0.3, -0.25) is 5.32 Å². The van der Waals surface area contributed by atoms with E-state index in [4.69, 9.17) is 0 Å². The van der Waals surface area contributed by atoms with Crippen molar-refractivity contribution in [2.24, 2.45) is 5.92 Å². The van der Waals surface area contributed by atoms with Gasteiger partial charge in [0.25, 0.3) is 0 Å². The predicted molar refractivity (Wildman–Crippen MR) is 76.3 cm³/mol. The maximum Gasteiger partial charge on any atom is 0.121 e. The van der Waals surface area contributed by atoms with Gasteiger partial charge in [-0.2, -0.15) is 5.26 Å². The van der Waals surface area contributed by atoms with Crippen molar-refractivity contribution >= 4 is 0 Å². The fraction of sp³-hybridized carbons (Fsp3) is 0.562. The number of rotatable bonds is 4. The molecule has 0 radical (unpaired) electrons. The monoisotopic (exact) mass is 244 g/mol. The standard InChI is InChI=1S/C16H24N2/c1-12(2)11-18-15(10-17)13-6-8-14(9-7-13)16(3,4)5/h6-9,12,15,18H,11H2,1-5H3. The first-order valence-corrected chi connectivity index (χ1v) is 6.58. The molecule has 0 saturated heterocycles. The molecule has 1 aromatic carbocycles. The van der Waals surface area contributed by atoms with Gasteiger partial charge in [-0.05, 0) is 29.0 Å². The molecule has 18 heavy (non-hydrogen) atoms. The second kappa shape index (κ2) is 6.02. The normalized spacial score (nSPS) is 13.4. The quantitative estimate of drug-likeness (QED) is 0.874. The van der Waals surface area contributed by atoms with E-state index in [0.717, 1.165) is 12.1 Å². The van der Waals surface area contributed by atoms with Crippen LogP contribution in [0.5, 0.6) is 0 Å². The Morgan fingerprint density at radius 3 is 2.11 bits per heavy atom. The van der Waals surface area contributed by atoms with Crippen LogP contribution in [0.4, 0.5) is 0 Å². The maximum atomic E-state index is 9.21. The summed E-state index contributed by atoms with van der Waals surface area (Å²) in [7, 11) is 0. The summed E-state index contributed by atoms with van der Waals surface area (Å²) in [4.78, 5) is 0. The first-order chi connectivity index (χ1) is 8.34. The Kier molecular flexibility index (Phi) is 4.93. The molecule has 1 atom stereocenters. The third-order valence-corrected chi connectivity index (χ3v) is 2.97. The molecule has 0 aliphatic heterocycles. The van der Waals surface area contributed by atoms with E-state index in [1.807, 2.05) is 0 Å². The van der Waals surface area contributed by atoms with Gasteiger partial charge in [-0.1, -0.05) is 58.9 Å². The number of benzene rings is 1. The molecule has 0 bridgehead atoms. The molecule has 1 rings (SSSR count). The van der Waals surface area contributed by atoms with Crippen molar-refractivity contribution in [2.45, 2.75) is 46.1 Å². The molecule has 0 amide bonds. The van der Waals surface area contributed by atoms with Crippen molar-refractivity contribution in [1.82, 2.24) is 5.32 Å². The van der Waals surface area contributed by atoms with Gasteiger partial charge in [0, 0.05) is 0 Å². The van der Waals surface area contributed by atoms with Crippen molar-refractivity contribution in [3.8, 4) is 6.07 Å². The van der Waals surface area contributed by atoms with E-state index in [1.54, 1.807) is 0 Å². The lowest BCUT2D eigenvalue weighted by Gasteiger charge is -2.20. The zero-order chi connectivity index (χ0) is 13.8. The van der Waals surface area contributed by atoms with Crippen molar-refractivity contribution < 1.29 is 0 Å².